The van der Waals surface area contributed by atoms with Gasteiger partial charge in [-0.25, -0.2) is 4.79 Å². The first-order valence-corrected chi connectivity index (χ1v) is 7.28. The number of aliphatic carboxylic acids is 1. The van der Waals surface area contributed by atoms with Gasteiger partial charge < -0.3 is 20.1 Å². The van der Waals surface area contributed by atoms with Crippen LogP contribution in [0.15, 0.2) is 0 Å². The van der Waals surface area contributed by atoms with Crippen molar-refractivity contribution in [3.05, 3.63) is 0 Å². The Balaban J connectivity index is 1.69. The number of carbonyl (C=O) groups excluding carboxylic acids is 1. The molecule has 114 valence electrons. The molecule has 0 aromatic rings. The summed E-state index contributed by atoms with van der Waals surface area (Å²) >= 11 is 0. The predicted octanol–water partition coefficient (Wildman–Crippen LogP) is 1.31. The van der Waals surface area contributed by atoms with Crippen LogP contribution in [0.1, 0.15) is 32.1 Å². The molecule has 0 aromatic carbocycles. The highest BCUT2D eigenvalue weighted by Crippen LogP contribution is 2.48. The number of nitrogens with zero attached hydrogens (tertiary/aromatic N) is 1. The summed E-state index contributed by atoms with van der Waals surface area (Å²) in [5.74, 6) is -0.685. The van der Waals surface area contributed by atoms with Gasteiger partial charge in [0.25, 0.3) is 0 Å². The third kappa shape index (κ3) is 4.10. The normalized spacial score (nSPS) is 23.6. The molecule has 20 heavy (non-hydrogen) atoms. The number of urea groups is 1. The molecule has 2 amide bonds. The Hall–Kier alpha value is -1.30. The van der Waals surface area contributed by atoms with E-state index >= 15 is 0 Å². The van der Waals surface area contributed by atoms with E-state index in [0.717, 1.165) is 32.3 Å². The molecule has 0 spiro atoms. The molecule has 2 aliphatic rings. The Kier molecular flexibility index (Phi) is 4.86. The minimum atomic E-state index is -0.784. The molecule has 0 aromatic heterocycles. The van der Waals surface area contributed by atoms with Gasteiger partial charge in [-0.05, 0) is 37.0 Å². The number of nitrogens with one attached hydrogen (secondary N) is 1. The fourth-order valence-corrected chi connectivity index (χ4v) is 2.82. The van der Waals surface area contributed by atoms with Crippen LogP contribution in [0.2, 0.25) is 0 Å². The zero-order valence-corrected chi connectivity index (χ0v) is 12.1. The second-order valence-electron chi connectivity index (χ2n) is 6.10. The van der Waals surface area contributed by atoms with Gasteiger partial charge in [0.05, 0.1) is 0 Å². The first-order valence-electron chi connectivity index (χ1n) is 7.28. The Bertz CT molecular complexity index is 368. The van der Waals surface area contributed by atoms with Crippen molar-refractivity contribution >= 4 is 12.0 Å². The topological polar surface area (TPSA) is 78.9 Å². The Morgan fingerprint density at radius 1 is 1.45 bits per heavy atom. The quantitative estimate of drug-likeness (QED) is 0.739. The summed E-state index contributed by atoms with van der Waals surface area (Å²) in [4.78, 5) is 24.5. The molecule has 6 nitrogen and oxygen atoms in total. The van der Waals surface area contributed by atoms with Crippen molar-refractivity contribution in [2.45, 2.75) is 32.1 Å². The van der Waals surface area contributed by atoms with Crippen molar-refractivity contribution in [1.82, 2.24) is 10.2 Å². The molecule has 1 atom stereocenters. The molecule has 0 radical (unpaired) electrons. The largest absolute Gasteiger partial charge is 0.481 e. The van der Waals surface area contributed by atoms with Crippen LogP contribution in [0.25, 0.3) is 0 Å². The van der Waals surface area contributed by atoms with Gasteiger partial charge in [-0.3, -0.25) is 4.79 Å². The highest BCUT2D eigenvalue weighted by atomic mass is 16.5. The number of carboxylic acids is 1. The van der Waals surface area contributed by atoms with Gasteiger partial charge in [-0.2, -0.15) is 0 Å². The summed E-state index contributed by atoms with van der Waals surface area (Å²) in [6, 6.07) is -0.0541. The first kappa shape index (κ1) is 15.1. The van der Waals surface area contributed by atoms with Crippen LogP contribution in [0.3, 0.4) is 0 Å². The monoisotopic (exact) mass is 284 g/mol. The van der Waals surface area contributed by atoms with E-state index in [9.17, 15) is 9.59 Å². The Morgan fingerprint density at radius 2 is 2.20 bits per heavy atom. The van der Waals surface area contributed by atoms with Gasteiger partial charge in [-0.15, -0.1) is 0 Å². The Labute approximate surface area is 119 Å². The van der Waals surface area contributed by atoms with Crippen LogP contribution >= 0.6 is 0 Å². The lowest BCUT2D eigenvalue weighted by Gasteiger charge is -2.20. The van der Waals surface area contributed by atoms with Crippen LogP contribution in [-0.4, -0.2) is 55.4 Å². The third-order valence-corrected chi connectivity index (χ3v) is 4.44. The van der Waals surface area contributed by atoms with E-state index in [0.29, 0.717) is 19.6 Å². The number of hydrogen-bond donors (Lipinski definition) is 2. The number of amides is 2. The molecule has 2 N–H and O–H groups in total. The van der Waals surface area contributed by atoms with Crippen molar-refractivity contribution in [3.63, 3.8) is 0 Å². The van der Waals surface area contributed by atoms with E-state index in [-0.39, 0.29) is 23.8 Å². The molecule has 2 rings (SSSR count). The van der Waals surface area contributed by atoms with E-state index < -0.39 is 5.97 Å². The molecular formula is C14H24N2O4. The predicted molar refractivity (Wildman–Crippen MR) is 73.5 cm³/mol. The van der Waals surface area contributed by atoms with Crippen molar-refractivity contribution < 1.29 is 19.4 Å². The maximum atomic E-state index is 12.1. The van der Waals surface area contributed by atoms with Crippen LogP contribution in [0.4, 0.5) is 4.79 Å². The number of ether oxygens (including phenoxy) is 1. The van der Waals surface area contributed by atoms with Crippen LogP contribution in [0, 0.1) is 11.3 Å². The van der Waals surface area contributed by atoms with Gasteiger partial charge in [0.2, 0.25) is 0 Å². The number of rotatable bonds is 7. The summed E-state index contributed by atoms with van der Waals surface area (Å²) in [7, 11) is 1.70. The zero-order chi connectivity index (χ0) is 14.6. The molecule has 6 heteroatoms. The summed E-state index contributed by atoms with van der Waals surface area (Å²) in [5.41, 5.74) is 0.242. The van der Waals surface area contributed by atoms with Gasteiger partial charge in [0, 0.05) is 39.8 Å². The molecule has 1 unspecified atom stereocenters. The maximum Gasteiger partial charge on any atom is 0.317 e. The first-order chi connectivity index (χ1) is 9.54. The lowest BCUT2D eigenvalue weighted by molar-refractivity contribution is -0.138. The summed E-state index contributed by atoms with van der Waals surface area (Å²) in [6.45, 7) is 2.66. The smallest absolute Gasteiger partial charge is 0.317 e. The zero-order valence-electron chi connectivity index (χ0n) is 12.1. The third-order valence-electron chi connectivity index (χ3n) is 4.44. The average Bonchev–Trinajstić information content (AvgIpc) is 3.04. The van der Waals surface area contributed by atoms with Gasteiger partial charge in [0.1, 0.15) is 0 Å². The fourth-order valence-electron chi connectivity index (χ4n) is 2.82. The number of methoxy groups -OCH3 is 1. The number of hydrogen-bond acceptors (Lipinski definition) is 3. The van der Waals surface area contributed by atoms with Gasteiger partial charge in [0.15, 0.2) is 0 Å². The van der Waals surface area contributed by atoms with E-state index in [1.54, 1.807) is 12.0 Å². The molecular weight excluding hydrogens is 260 g/mol. The number of carboxylic acid groups (broad SMARTS) is 1. The highest BCUT2D eigenvalue weighted by Gasteiger charge is 2.42. The molecule has 1 heterocycles. The van der Waals surface area contributed by atoms with Crippen molar-refractivity contribution in [2.75, 3.05) is 33.4 Å². The van der Waals surface area contributed by atoms with Gasteiger partial charge in [-0.1, -0.05) is 0 Å². The van der Waals surface area contributed by atoms with Crippen molar-refractivity contribution in [2.24, 2.45) is 11.3 Å². The minimum absolute atomic E-state index is 0.0541. The SMILES string of the molecule is COCCC1(CNC(=O)N2CCC(CC(=O)O)C2)CC1. The minimum Gasteiger partial charge on any atom is -0.481 e. The maximum absolute atomic E-state index is 12.1. The second kappa shape index (κ2) is 6.43. The van der Waals surface area contributed by atoms with Crippen LogP contribution in [-0.2, 0) is 9.53 Å². The number of carbonyl (C=O) groups is 2. The molecule has 1 aliphatic carbocycles. The number of likely N-dealkylation sites (tertiary alicyclic amines) is 1. The average molecular weight is 284 g/mol. The second-order valence-corrected chi connectivity index (χ2v) is 6.10. The van der Waals surface area contributed by atoms with E-state index in [2.05, 4.69) is 5.32 Å². The Morgan fingerprint density at radius 3 is 2.80 bits per heavy atom. The van der Waals surface area contributed by atoms with Crippen LogP contribution in [0.5, 0.6) is 0 Å². The van der Waals surface area contributed by atoms with Gasteiger partial charge >= 0.3 is 12.0 Å². The van der Waals surface area contributed by atoms with E-state index in [1.807, 2.05) is 0 Å². The lowest BCUT2D eigenvalue weighted by Crippen LogP contribution is -2.41. The fraction of sp³-hybridized carbons (Fsp3) is 0.857. The summed E-state index contributed by atoms with van der Waals surface area (Å²) < 4.78 is 5.10. The standard InChI is InChI=1S/C14H24N2O4/c1-20-7-5-14(3-4-14)10-15-13(19)16-6-2-11(9-16)8-12(17)18/h11H,2-10H2,1H3,(H,15,19)(H,17,18). The summed E-state index contributed by atoms with van der Waals surface area (Å²) in [5, 5.41) is 11.8. The highest BCUT2D eigenvalue weighted by molar-refractivity contribution is 5.75. The molecule has 2 fully saturated rings. The summed E-state index contributed by atoms with van der Waals surface area (Å²) in [6.07, 6.45) is 4.23. The molecule has 0 bridgehead atoms. The van der Waals surface area contributed by atoms with Crippen molar-refractivity contribution in [3.8, 4) is 0 Å². The van der Waals surface area contributed by atoms with Crippen LogP contribution < -0.4 is 5.32 Å². The molecule has 1 saturated carbocycles. The van der Waals surface area contributed by atoms with E-state index in [4.69, 9.17) is 9.84 Å². The lowest BCUT2D eigenvalue weighted by atomic mass is 10.0. The molecule has 1 aliphatic heterocycles. The van der Waals surface area contributed by atoms with Crippen molar-refractivity contribution in [1.29, 1.82) is 0 Å². The molecule has 1 saturated heterocycles. The van der Waals surface area contributed by atoms with E-state index in [1.165, 1.54) is 0 Å².